The first-order valence-electron chi connectivity index (χ1n) is 8.42. The van der Waals surface area contributed by atoms with Crippen molar-refractivity contribution in [2.45, 2.75) is 45.7 Å². The van der Waals surface area contributed by atoms with Gasteiger partial charge in [0, 0.05) is 39.1 Å². The van der Waals surface area contributed by atoms with E-state index in [2.05, 4.69) is 47.7 Å². The van der Waals surface area contributed by atoms with Crippen LogP contribution >= 0.6 is 0 Å². The lowest BCUT2D eigenvalue weighted by atomic mass is 9.99. The molecule has 2 rings (SSSR count). The van der Waals surface area contributed by atoms with Gasteiger partial charge in [-0.2, -0.15) is 0 Å². The van der Waals surface area contributed by atoms with Crippen molar-refractivity contribution in [3.8, 4) is 0 Å². The molecular formula is C18H28N4O. The van der Waals surface area contributed by atoms with Crippen molar-refractivity contribution in [3.63, 3.8) is 0 Å². The molecule has 23 heavy (non-hydrogen) atoms. The number of hydrogen-bond donors (Lipinski definition) is 2. The highest BCUT2D eigenvalue weighted by molar-refractivity contribution is 5.80. The molecule has 126 valence electrons. The molecule has 0 aliphatic carbocycles. The summed E-state index contributed by atoms with van der Waals surface area (Å²) in [5, 5.41) is 6.48. The van der Waals surface area contributed by atoms with Crippen molar-refractivity contribution in [3.05, 3.63) is 35.4 Å². The minimum absolute atomic E-state index is 0.244. The Labute approximate surface area is 139 Å². The summed E-state index contributed by atoms with van der Waals surface area (Å²) in [4.78, 5) is 18.5. The molecule has 0 bridgehead atoms. The number of nitrogens with one attached hydrogen (secondary N) is 2. The second kappa shape index (κ2) is 8.56. The van der Waals surface area contributed by atoms with Gasteiger partial charge in [0.2, 0.25) is 5.91 Å². The molecule has 5 nitrogen and oxygen atoms in total. The third-order valence-corrected chi connectivity index (χ3v) is 3.99. The Hall–Kier alpha value is -2.04. The minimum Gasteiger partial charge on any atom is -0.356 e. The fourth-order valence-electron chi connectivity index (χ4n) is 2.78. The standard InChI is InChI=1S/C18H28N4O/c1-14(2)21-18(19-3)20-11-6-9-17(23)22-12-10-15-7-4-5-8-16(15)13-22/h4-5,7-8,14H,6,9-13H2,1-3H3,(H2,19,20,21). The highest BCUT2D eigenvalue weighted by Crippen LogP contribution is 2.19. The van der Waals surface area contributed by atoms with E-state index in [1.807, 2.05) is 11.0 Å². The Morgan fingerprint density at radius 3 is 2.74 bits per heavy atom. The van der Waals surface area contributed by atoms with Crippen molar-refractivity contribution < 1.29 is 4.79 Å². The number of carbonyl (C=O) groups is 1. The molecule has 0 fully saturated rings. The molecular weight excluding hydrogens is 288 g/mol. The van der Waals surface area contributed by atoms with Crippen molar-refractivity contribution in [2.75, 3.05) is 20.1 Å². The van der Waals surface area contributed by atoms with E-state index in [4.69, 9.17) is 0 Å². The predicted molar refractivity (Wildman–Crippen MR) is 94.4 cm³/mol. The first-order valence-corrected chi connectivity index (χ1v) is 8.42. The Morgan fingerprint density at radius 1 is 1.30 bits per heavy atom. The predicted octanol–water partition coefficient (Wildman–Crippen LogP) is 1.92. The highest BCUT2D eigenvalue weighted by Gasteiger charge is 2.19. The molecule has 0 spiro atoms. The van der Waals surface area contributed by atoms with E-state index in [0.29, 0.717) is 12.5 Å². The summed E-state index contributed by atoms with van der Waals surface area (Å²) in [7, 11) is 1.76. The molecule has 1 aliphatic heterocycles. The maximum atomic E-state index is 12.4. The number of nitrogens with zero attached hydrogens (tertiary/aromatic N) is 2. The second-order valence-electron chi connectivity index (χ2n) is 6.24. The van der Waals surface area contributed by atoms with Crippen LogP contribution in [0.3, 0.4) is 0 Å². The lowest BCUT2D eigenvalue weighted by Gasteiger charge is -2.29. The number of benzene rings is 1. The van der Waals surface area contributed by atoms with Crippen LogP contribution in [0.15, 0.2) is 29.3 Å². The van der Waals surface area contributed by atoms with Crippen LogP contribution in [-0.4, -0.2) is 42.9 Å². The maximum absolute atomic E-state index is 12.4. The van der Waals surface area contributed by atoms with Gasteiger partial charge < -0.3 is 15.5 Å². The molecule has 0 aromatic heterocycles. The van der Waals surface area contributed by atoms with Crippen molar-refractivity contribution in [1.29, 1.82) is 0 Å². The monoisotopic (exact) mass is 316 g/mol. The largest absolute Gasteiger partial charge is 0.356 e. The smallest absolute Gasteiger partial charge is 0.222 e. The van der Waals surface area contributed by atoms with Crippen LogP contribution in [-0.2, 0) is 17.8 Å². The first-order chi connectivity index (χ1) is 11.1. The average molecular weight is 316 g/mol. The van der Waals surface area contributed by atoms with Gasteiger partial charge in [-0.25, -0.2) is 0 Å². The van der Waals surface area contributed by atoms with Crippen LogP contribution in [0, 0.1) is 0 Å². The zero-order valence-electron chi connectivity index (χ0n) is 14.4. The fourth-order valence-corrected chi connectivity index (χ4v) is 2.78. The van der Waals surface area contributed by atoms with Gasteiger partial charge in [0.05, 0.1) is 0 Å². The zero-order valence-corrected chi connectivity index (χ0v) is 14.4. The van der Waals surface area contributed by atoms with Crippen LogP contribution in [0.25, 0.3) is 0 Å². The molecule has 0 radical (unpaired) electrons. The Morgan fingerprint density at radius 2 is 2.04 bits per heavy atom. The topological polar surface area (TPSA) is 56.7 Å². The van der Waals surface area contributed by atoms with E-state index >= 15 is 0 Å². The van der Waals surface area contributed by atoms with Gasteiger partial charge in [-0.3, -0.25) is 9.79 Å². The summed E-state index contributed by atoms with van der Waals surface area (Å²) < 4.78 is 0. The third kappa shape index (κ3) is 5.27. The molecule has 1 aromatic carbocycles. The van der Waals surface area contributed by atoms with E-state index in [1.165, 1.54) is 11.1 Å². The molecule has 0 unspecified atom stereocenters. The molecule has 1 aliphatic rings. The highest BCUT2D eigenvalue weighted by atomic mass is 16.2. The van der Waals surface area contributed by atoms with Crippen molar-refractivity contribution in [1.82, 2.24) is 15.5 Å². The molecule has 2 N–H and O–H groups in total. The average Bonchev–Trinajstić information content (AvgIpc) is 2.56. The first kappa shape index (κ1) is 17.3. The normalized spacial score (nSPS) is 14.6. The van der Waals surface area contributed by atoms with Gasteiger partial charge in [0.1, 0.15) is 0 Å². The summed E-state index contributed by atoms with van der Waals surface area (Å²) in [6, 6.07) is 8.74. The van der Waals surface area contributed by atoms with E-state index in [9.17, 15) is 4.79 Å². The van der Waals surface area contributed by atoms with Gasteiger partial charge in [-0.05, 0) is 37.8 Å². The van der Waals surface area contributed by atoms with Crippen molar-refractivity contribution in [2.24, 2.45) is 4.99 Å². The lowest BCUT2D eigenvalue weighted by molar-refractivity contribution is -0.132. The molecule has 5 heteroatoms. The number of fused-ring (bicyclic) bond motifs is 1. The summed E-state index contributed by atoms with van der Waals surface area (Å²) in [6.07, 6.45) is 2.36. The SMILES string of the molecule is CN=C(NCCCC(=O)N1CCc2ccccc2C1)NC(C)C. The van der Waals surface area contributed by atoms with Gasteiger partial charge in [-0.15, -0.1) is 0 Å². The van der Waals surface area contributed by atoms with Crippen LogP contribution in [0.2, 0.25) is 0 Å². The number of guanidine groups is 1. The summed E-state index contributed by atoms with van der Waals surface area (Å²) in [5.41, 5.74) is 2.66. The van der Waals surface area contributed by atoms with Gasteiger partial charge in [0.15, 0.2) is 5.96 Å². The van der Waals surface area contributed by atoms with Gasteiger partial charge >= 0.3 is 0 Å². The molecule has 0 atom stereocenters. The van der Waals surface area contributed by atoms with E-state index in [-0.39, 0.29) is 5.91 Å². The summed E-state index contributed by atoms with van der Waals surface area (Å²) >= 11 is 0. The van der Waals surface area contributed by atoms with E-state index in [1.54, 1.807) is 7.05 Å². The molecule has 0 saturated heterocycles. The Balaban J connectivity index is 1.72. The van der Waals surface area contributed by atoms with Gasteiger partial charge in [0.25, 0.3) is 0 Å². The third-order valence-electron chi connectivity index (χ3n) is 3.99. The van der Waals surface area contributed by atoms with Crippen LogP contribution in [0.5, 0.6) is 0 Å². The fraction of sp³-hybridized carbons (Fsp3) is 0.556. The number of hydrogen-bond acceptors (Lipinski definition) is 2. The molecule has 1 heterocycles. The van der Waals surface area contributed by atoms with Crippen LogP contribution in [0.4, 0.5) is 0 Å². The molecule has 1 aromatic rings. The second-order valence-corrected chi connectivity index (χ2v) is 6.24. The molecule has 0 saturated carbocycles. The van der Waals surface area contributed by atoms with Crippen LogP contribution in [0.1, 0.15) is 37.8 Å². The lowest BCUT2D eigenvalue weighted by Crippen LogP contribution is -2.41. The number of carbonyl (C=O) groups excluding carboxylic acids is 1. The summed E-state index contributed by atoms with van der Waals surface area (Å²) in [5.74, 6) is 1.03. The van der Waals surface area contributed by atoms with E-state index < -0.39 is 0 Å². The van der Waals surface area contributed by atoms with Crippen molar-refractivity contribution >= 4 is 11.9 Å². The number of rotatable bonds is 5. The maximum Gasteiger partial charge on any atom is 0.222 e. The van der Waals surface area contributed by atoms with E-state index in [0.717, 1.165) is 38.4 Å². The zero-order chi connectivity index (χ0) is 16.7. The summed E-state index contributed by atoms with van der Waals surface area (Å²) in [6.45, 7) is 6.48. The quantitative estimate of drug-likeness (QED) is 0.496. The minimum atomic E-state index is 0.244. The molecule has 1 amide bonds. The Bertz CT molecular complexity index is 554. The van der Waals surface area contributed by atoms with Crippen LogP contribution < -0.4 is 10.6 Å². The number of amides is 1. The Kier molecular flexibility index (Phi) is 6.44. The van der Waals surface area contributed by atoms with Gasteiger partial charge in [-0.1, -0.05) is 24.3 Å². The number of aliphatic imine (C=N–C) groups is 1.